The maximum atomic E-state index is 12.5. The van der Waals surface area contributed by atoms with Gasteiger partial charge in [0.15, 0.2) is 0 Å². The summed E-state index contributed by atoms with van der Waals surface area (Å²) in [6, 6.07) is 2.15. The van der Waals surface area contributed by atoms with Crippen LogP contribution in [-0.2, 0) is 16.4 Å². The van der Waals surface area contributed by atoms with E-state index in [2.05, 4.69) is 20.9 Å². The Balaban J connectivity index is 1.61. The van der Waals surface area contributed by atoms with Gasteiger partial charge in [-0.1, -0.05) is 6.92 Å². The summed E-state index contributed by atoms with van der Waals surface area (Å²) in [5.41, 5.74) is 1.10. The van der Waals surface area contributed by atoms with E-state index in [0.717, 1.165) is 49.7 Å². The van der Waals surface area contributed by atoms with Gasteiger partial charge in [-0.2, -0.15) is 0 Å². The Morgan fingerprint density at radius 2 is 1.78 bits per heavy atom. The zero-order valence-corrected chi connectivity index (χ0v) is 17.8. The maximum absolute atomic E-state index is 12.5. The van der Waals surface area contributed by atoms with Gasteiger partial charge >= 0.3 is 0 Å². The predicted octanol–water partition coefficient (Wildman–Crippen LogP) is 3.16. The van der Waals surface area contributed by atoms with E-state index in [9.17, 15) is 8.42 Å². The van der Waals surface area contributed by atoms with Crippen molar-refractivity contribution in [1.29, 1.82) is 0 Å². The van der Waals surface area contributed by atoms with Crippen molar-refractivity contribution in [2.45, 2.75) is 71.0 Å². The lowest BCUT2D eigenvalue weighted by Gasteiger charge is -2.33. The summed E-state index contributed by atoms with van der Waals surface area (Å²) < 4.78 is 26.8. The van der Waals surface area contributed by atoms with Crippen LogP contribution in [0.25, 0.3) is 0 Å². The molecule has 0 amide bonds. The van der Waals surface area contributed by atoms with Crippen LogP contribution in [0.1, 0.15) is 63.9 Å². The highest BCUT2D eigenvalue weighted by Crippen LogP contribution is 2.26. The summed E-state index contributed by atoms with van der Waals surface area (Å²) in [5, 5.41) is -0.286. The van der Waals surface area contributed by atoms with E-state index in [-0.39, 0.29) is 5.25 Å². The fraction of sp³-hybridized carbons (Fsp3) is 0.800. The number of nitrogens with zero attached hydrogens (tertiary/aromatic N) is 4. The number of rotatable bonds is 6. The van der Waals surface area contributed by atoms with E-state index in [1.54, 1.807) is 4.31 Å². The van der Waals surface area contributed by atoms with Gasteiger partial charge in [-0.3, -0.25) is 0 Å². The minimum Gasteiger partial charge on any atom is -0.357 e. The molecule has 2 saturated heterocycles. The van der Waals surface area contributed by atoms with Crippen molar-refractivity contribution in [3.8, 4) is 0 Å². The second-order valence-electron chi connectivity index (χ2n) is 8.12. The molecular formula is C20H34N4O2S. The van der Waals surface area contributed by atoms with Gasteiger partial charge in [0.25, 0.3) is 0 Å². The standard InChI is InChI=1S/C20H34N4O2S/c1-4-16(2)27(25,26)24-12-8-18(9-13-24)14-19-15-20(22-17(3)21-19)23-10-6-5-7-11-23/h15-16,18H,4-14H2,1-3H3/t16-/m0/s1. The largest absolute Gasteiger partial charge is 0.357 e. The molecule has 3 rings (SSSR count). The van der Waals surface area contributed by atoms with Gasteiger partial charge in [-0.25, -0.2) is 22.7 Å². The van der Waals surface area contributed by atoms with Crippen molar-refractivity contribution in [2.24, 2.45) is 5.92 Å². The Labute approximate surface area is 164 Å². The minimum atomic E-state index is -3.14. The number of piperidine rings is 2. The molecule has 152 valence electrons. The van der Waals surface area contributed by atoms with Crippen LogP contribution in [0, 0.1) is 12.8 Å². The molecule has 1 atom stereocenters. The maximum Gasteiger partial charge on any atom is 0.216 e. The van der Waals surface area contributed by atoms with Crippen molar-refractivity contribution < 1.29 is 8.42 Å². The number of hydrogen-bond donors (Lipinski definition) is 0. The molecule has 2 aliphatic rings. The Hall–Kier alpha value is -1.21. The predicted molar refractivity (Wildman–Crippen MR) is 110 cm³/mol. The molecule has 1 aromatic heterocycles. The van der Waals surface area contributed by atoms with E-state index < -0.39 is 10.0 Å². The zero-order valence-electron chi connectivity index (χ0n) is 17.0. The van der Waals surface area contributed by atoms with Crippen LogP contribution in [0.5, 0.6) is 0 Å². The molecule has 0 radical (unpaired) electrons. The first-order chi connectivity index (χ1) is 12.9. The topological polar surface area (TPSA) is 66.4 Å². The lowest BCUT2D eigenvalue weighted by atomic mass is 9.93. The molecule has 0 N–H and O–H groups in total. The second-order valence-corrected chi connectivity index (χ2v) is 10.5. The smallest absolute Gasteiger partial charge is 0.216 e. The van der Waals surface area contributed by atoms with Crippen molar-refractivity contribution in [3.63, 3.8) is 0 Å². The van der Waals surface area contributed by atoms with Crippen molar-refractivity contribution in [3.05, 3.63) is 17.6 Å². The van der Waals surface area contributed by atoms with Crippen LogP contribution in [0.15, 0.2) is 6.07 Å². The monoisotopic (exact) mass is 394 g/mol. The molecule has 0 aromatic carbocycles. The average molecular weight is 395 g/mol. The first kappa shape index (κ1) is 20.5. The van der Waals surface area contributed by atoms with Gasteiger partial charge in [-0.15, -0.1) is 0 Å². The first-order valence-corrected chi connectivity index (χ1v) is 12.0. The molecule has 6 nitrogen and oxygen atoms in total. The van der Waals surface area contributed by atoms with Gasteiger partial charge in [0, 0.05) is 37.9 Å². The highest BCUT2D eigenvalue weighted by Gasteiger charge is 2.31. The van der Waals surface area contributed by atoms with Crippen molar-refractivity contribution in [1.82, 2.24) is 14.3 Å². The average Bonchev–Trinajstić information content (AvgIpc) is 2.68. The fourth-order valence-electron chi connectivity index (χ4n) is 4.13. The summed E-state index contributed by atoms with van der Waals surface area (Å²) in [4.78, 5) is 11.7. The van der Waals surface area contributed by atoms with Gasteiger partial charge in [-0.05, 0) is 64.7 Å². The van der Waals surface area contributed by atoms with Gasteiger partial charge in [0.2, 0.25) is 10.0 Å². The number of aryl methyl sites for hydroxylation is 1. The zero-order chi connectivity index (χ0) is 19.4. The Morgan fingerprint density at radius 1 is 1.11 bits per heavy atom. The number of hydrogen-bond acceptors (Lipinski definition) is 5. The molecule has 3 heterocycles. The van der Waals surface area contributed by atoms with E-state index in [1.807, 2.05) is 20.8 Å². The summed E-state index contributed by atoms with van der Waals surface area (Å²) in [5.74, 6) is 2.40. The molecule has 2 fully saturated rings. The molecular weight excluding hydrogens is 360 g/mol. The van der Waals surface area contributed by atoms with Crippen LogP contribution in [-0.4, -0.2) is 54.1 Å². The van der Waals surface area contributed by atoms with E-state index in [0.29, 0.717) is 25.4 Å². The molecule has 27 heavy (non-hydrogen) atoms. The molecule has 1 aromatic rings. The Kier molecular flexibility index (Phi) is 6.74. The quantitative estimate of drug-likeness (QED) is 0.741. The summed E-state index contributed by atoms with van der Waals surface area (Å²) in [6.45, 7) is 9.17. The van der Waals surface area contributed by atoms with Crippen molar-refractivity contribution >= 4 is 15.8 Å². The number of sulfonamides is 1. The minimum absolute atomic E-state index is 0.286. The second kappa shape index (κ2) is 8.86. The first-order valence-electron chi connectivity index (χ1n) is 10.5. The molecule has 0 bridgehead atoms. The van der Waals surface area contributed by atoms with Crippen LogP contribution in [0.4, 0.5) is 5.82 Å². The van der Waals surface area contributed by atoms with Crippen LogP contribution in [0.2, 0.25) is 0 Å². The molecule has 0 saturated carbocycles. The Bertz CT molecular complexity index is 723. The molecule has 2 aliphatic heterocycles. The van der Waals surface area contributed by atoms with Crippen LogP contribution >= 0.6 is 0 Å². The van der Waals surface area contributed by atoms with Crippen LogP contribution < -0.4 is 4.90 Å². The van der Waals surface area contributed by atoms with Gasteiger partial charge in [0.1, 0.15) is 11.6 Å². The fourth-order valence-corrected chi connectivity index (χ4v) is 5.78. The van der Waals surface area contributed by atoms with Gasteiger partial charge in [0.05, 0.1) is 5.25 Å². The SMILES string of the molecule is CC[C@H](C)S(=O)(=O)N1CCC(Cc2cc(N3CCCCC3)nc(C)n2)CC1. The summed E-state index contributed by atoms with van der Waals surface area (Å²) in [7, 11) is -3.14. The Morgan fingerprint density at radius 3 is 2.41 bits per heavy atom. The molecule has 0 unspecified atom stereocenters. The van der Waals surface area contributed by atoms with E-state index in [4.69, 9.17) is 0 Å². The highest BCUT2D eigenvalue weighted by atomic mass is 32.2. The molecule has 0 spiro atoms. The lowest BCUT2D eigenvalue weighted by Crippen LogP contribution is -2.42. The summed E-state index contributed by atoms with van der Waals surface area (Å²) >= 11 is 0. The normalized spacial score (nSPS) is 21.4. The number of aromatic nitrogens is 2. The molecule has 0 aliphatic carbocycles. The number of anilines is 1. The van der Waals surface area contributed by atoms with Crippen molar-refractivity contribution in [2.75, 3.05) is 31.1 Å². The molecule has 7 heteroatoms. The lowest BCUT2D eigenvalue weighted by molar-refractivity contribution is 0.269. The summed E-state index contributed by atoms with van der Waals surface area (Å²) in [6.07, 6.45) is 7.20. The van der Waals surface area contributed by atoms with E-state index >= 15 is 0 Å². The van der Waals surface area contributed by atoms with E-state index in [1.165, 1.54) is 19.3 Å². The highest BCUT2D eigenvalue weighted by molar-refractivity contribution is 7.89. The van der Waals surface area contributed by atoms with Gasteiger partial charge < -0.3 is 4.90 Å². The third-order valence-electron chi connectivity index (χ3n) is 6.07. The third kappa shape index (κ3) is 4.99. The van der Waals surface area contributed by atoms with Crippen LogP contribution in [0.3, 0.4) is 0 Å². The third-order valence-corrected chi connectivity index (χ3v) is 8.51.